The lowest BCUT2D eigenvalue weighted by Gasteiger charge is -2.10. The predicted molar refractivity (Wildman–Crippen MR) is 99.4 cm³/mol. The summed E-state index contributed by atoms with van der Waals surface area (Å²) in [5.41, 5.74) is 1.02. The smallest absolute Gasteiger partial charge is 0.337 e. The van der Waals surface area contributed by atoms with E-state index in [4.69, 9.17) is 0 Å². The zero-order chi connectivity index (χ0) is 18.9. The summed E-state index contributed by atoms with van der Waals surface area (Å²) in [5.74, 6) is -0.253. The van der Waals surface area contributed by atoms with Crippen LogP contribution in [0.5, 0.6) is 0 Å². The maximum absolute atomic E-state index is 12.3. The van der Waals surface area contributed by atoms with Gasteiger partial charge in [0.25, 0.3) is 5.91 Å². The fraction of sp³-hybridized carbons (Fsp3) is 0.333. The SMILES string of the molecule is COC(=O)c1cccc(NC(=O)c2ccc(NCCCN(C)C)nn2)c1. The van der Waals surface area contributed by atoms with Crippen molar-refractivity contribution in [1.82, 2.24) is 15.1 Å². The summed E-state index contributed by atoms with van der Waals surface area (Å²) < 4.78 is 4.66. The van der Waals surface area contributed by atoms with Gasteiger partial charge in [-0.3, -0.25) is 4.79 Å². The van der Waals surface area contributed by atoms with Crippen LogP contribution in [0.25, 0.3) is 0 Å². The molecular weight excluding hydrogens is 334 g/mol. The minimum atomic E-state index is -0.467. The van der Waals surface area contributed by atoms with Gasteiger partial charge in [0.1, 0.15) is 5.82 Å². The number of carbonyl (C=O) groups is 2. The number of methoxy groups -OCH3 is 1. The fourth-order valence-electron chi connectivity index (χ4n) is 2.20. The molecule has 0 saturated heterocycles. The van der Waals surface area contributed by atoms with Crippen molar-refractivity contribution in [3.8, 4) is 0 Å². The topological polar surface area (TPSA) is 96.4 Å². The molecule has 0 aliphatic carbocycles. The third-order valence-corrected chi connectivity index (χ3v) is 3.53. The van der Waals surface area contributed by atoms with Crippen LogP contribution in [0.15, 0.2) is 36.4 Å². The van der Waals surface area contributed by atoms with Gasteiger partial charge in [-0.1, -0.05) is 6.07 Å². The quantitative estimate of drug-likeness (QED) is 0.550. The molecule has 1 aromatic carbocycles. The Morgan fingerprint density at radius 2 is 1.96 bits per heavy atom. The molecule has 0 atom stereocenters. The number of hydrogen-bond acceptors (Lipinski definition) is 7. The lowest BCUT2D eigenvalue weighted by Crippen LogP contribution is -2.17. The first-order valence-electron chi connectivity index (χ1n) is 8.21. The van der Waals surface area contributed by atoms with Gasteiger partial charge in [-0.15, -0.1) is 10.2 Å². The average Bonchev–Trinajstić information content (AvgIpc) is 2.65. The highest BCUT2D eigenvalue weighted by Gasteiger charge is 2.11. The van der Waals surface area contributed by atoms with Gasteiger partial charge in [-0.25, -0.2) is 4.79 Å². The molecule has 0 aliphatic rings. The number of esters is 1. The third-order valence-electron chi connectivity index (χ3n) is 3.53. The first-order chi connectivity index (χ1) is 12.5. The molecule has 26 heavy (non-hydrogen) atoms. The number of rotatable bonds is 8. The Kier molecular flexibility index (Phi) is 7.04. The van der Waals surface area contributed by atoms with Crippen LogP contribution < -0.4 is 10.6 Å². The highest BCUT2D eigenvalue weighted by atomic mass is 16.5. The molecule has 0 unspecified atom stereocenters. The zero-order valence-electron chi connectivity index (χ0n) is 15.2. The van der Waals surface area contributed by atoms with E-state index in [1.807, 2.05) is 14.1 Å². The highest BCUT2D eigenvalue weighted by Crippen LogP contribution is 2.13. The normalized spacial score (nSPS) is 10.5. The van der Waals surface area contributed by atoms with Gasteiger partial charge in [-0.05, 0) is 57.4 Å². The molecule has 2 N–H and O–H groups in total. The average molecular weight is 357 g/mol. The molecule has 8 heteroatoms. The molecule has 0 aliphatic heterocycles. The molecule has 0 bridgehead atoms. The number of ether oxygens (including phenoxy) is 1. The molecule has 8 nitrogen and oxygen atoms in total. The van der Waals surface area contributed by atoms with Gasteiger partial charge in [-0.2, -0.15) is 0 Å². The maximum Gasteiger partial charge on any atom is 0.337 e. The summed E-state index contributed by atoms with van der Waals surface area (Å²) in [6.45, 7) is 1.75. The van der Waals surface area contributed by atoms with E-state index in [0.717, 1.165) is 19.5 Å². The van der Waals surface area contributed by atoms with Gasteiger partial charge in [0.05, 0.1) is 12.7 Å². The monoisotopic (exact) mass is 357 g/mol. The number of amides is 1. The van der Waals surface area contributed by atoms with E-state index in [-0.39, 0.29) is 5.69 Å². The summed E-state index contributed by atoms with van der Waals surface area (Å²) in [6, 6.07) is 9.80. The van der Waals surface area contributed by atoms with Crippen molar-refractivity contribution in [2.24, 2.45) is 0 Å². The molecule has 1 aromatic heterocycles. The van der Waals surface area contributed by atoms with Crippen LogP contribution in [-0.2, 0) is 4.74 Å². The predicted octanol–water partition coefficient (Wildman–Crippen LogP) is 1.88. The van der Waals surface area contributed by atoms with E-state index >= 15 is 0 Å². The van der Waals surface area contributed by atoms with Crippen molar-refractivity contribution < 1.29 is 14.3 Å². The van der Waals surface area contributed by atoms with Crippen LogP contribution in [-0.4, -0.2) is 61.3 Å². The van der Waals surface area contributed by atoms with E-state index in [1.165, 1.54) is 13.2 Å². The van der Waals surface area contributed by atoms with Gasteiger partial charge in [0.2, 0.25) is 0 Å². The van der Waals surface area contributed by atoms with E-state index in [0.29, 0.717) is 17.1 Å². The van der Waals surface area contributed by atoms with Gasteiger partial charge >= 0.3 is 5.97 Å². The second kappa shape index (κ2) is 9.47. The standard InChI is InChI=1S/C18H23N5O3/c1-23(2)11-5-10-19-16-9-8-15(21-22-16)17(24)20-14-7-4-6-13(12-14)18(25)26-3/h4,6-9,12H,5,10-11H2,1-3H3,(H,19,22)(H,20,24). The van der Waals surface area contributed by atoms with E-state index < -0.39 is 11.9 Å². The lowest BCUT2D eigenvalue weighted by molar-refractivity contribution is 0.0600. The van der Waals surface area contributed by atoms with Crippen molar-refractivity contribution in [1.29, 1.82) is 0 Å². The van der Waals surface area contributed by atoms with Crippen LogP contribution in [0, 0.1) is 0 Å². The summed E-state index contributed by atoms with van der Waals surface area (Å²) in [7, 11) is 5.35. The molecule has 138 valence electrons. The molecular formula is C18H23N5O3. The van der Waals surface area contributed by atoms with Crippen molar-refractivity contribution in [2.75, 3.05) is 44.9 Å². The van der Waals surface area contributed by atoms with Crippen LogP contribution >= 0.6 is 0 Å². The van der Waals surface area contributed by atoms with Crippen LogP contribution in [0.2, 0.25) is 0 Å². The molecule has 1 amide bonds. The fourth-order valence-corrected chi connectivity index (χ4v) is 2.20. The van der Waals surface area contributed by atoms with Crippen LogP contribution in [0.1, 0.15) is 27.3 Å². The third kappa shape index (κ3) is 5.82. The Balaban J connectivity index is 1.92. The molecule has 1 heterocycles. The van der Waals surface area contributed by atoms with Gasteiger partial charge in [0.15, 0.2) is 5.69 Å². The van der Waals surface area contributed by atoms with Crippen LogP contribution in [0.3, 0.4) is 0 Å². The number of benzene rings is 1. The zero-order valence-corrected chi connectivity index (χ0v) is 15.2. The minimum Gasteiger partial charge on any atom is -0.465 e. The van der Waals surface area contributed by atoms with E-state index in [9.17, 15) is 9.59 Å². The Morgan fingerprint density at radius 1 is 1.15 bits per heavy atom. The number of hydrogen-bond donors (Lipinski definition) is 2. The Morgan fingerprint density at radius 3 is 2.62 bits per heavy atom. The molecule has 0 radical (unpaired) electrons. The first-order valence-corrected chi connectivity index (χ1v) is 8.21. The molecule has 0 spiro atoms. The van der Waals surface area contributed by atoms with E-state index in [1.54, 1.807) is 30.3 Å². The van der Waals surface area contributed by atoms with Crippen LogP contribution in [0.4, 0.5) is 11.5 Å². The first kappa shape index (κ1) is 19.3. The molecule has 2 aromatic rings. The number of carbonyl (C=O) groups excluding carboxylic acids is 2. The van der Waals surface area contributed by atoms with Gasteiger partial charge in [0, 0.05) is 12.2 Å². The van der Waals surface area contributed by atoms with Crippen molar-refractivity contribution in [3.63, 3.8) is 0 Å². The maximum atomic E-state index is 12.3. The van der Waals surface area contributed by atoms with Crippen molar-refractivity contribution in [3.05, 3.63) is 47.7 Å². The summed E-state index contributed by atoms with van der Waals surface area (Å²) in [5, 5.41) is 13.8. The highest BCUT2D eigenvalue weighted by molar-refractivity contribution is 6.03. The second-order valence-corrected chi connectivity index (χ2v) is 5.91. The number of nitrogens with zero attached hydrogens (tertiary/aromatic N) is 3. The Hall–Kier alpha value is -3.00. The summed E-state index contributed by atoms with van der Waals surface area (Å²) >= 11 is 0. The summed E-state index contributed by atoms with van der Waals surface area (Å²) in [4.78, 5) is 25.9. The number of anilines is 2. The number of aromatic nitrogens is 2. The number of nitrogens with one attached hydrogen (secondary N) is 2. The largest absolute Gasteiger partial charge is 0.465 e. The lowest BCUT2D eigenvalue weighted by atomic mass is 10.2. The van der Waals surface area contributed by atoms with Crippen molar-refractivity contribution >= 4 is 23.4 Å². The summed E-state index contributed by atoms with van der Waals surface area (Å²) in [6.07, 6.45) is 0.980. The molecule has 0 saturated carbocycles. The Bertz CT molecular complexity index is 747. The van der Waals surface area contributed by atoms with E-state index in [2.05, 4.69) is 30.5 Å². The Labute approximate surface area is 152 Å². The second-order valence-electron chi connectivity index (χ2n) is 5.91. The molecule has 0 fully saturated rings. The van der Waals surface area contributed by atoms with Gasteiger partial charge < -0.3 is 20.3 Å². The van der Waals surface area contributed by atoms with Crippen molar-refractivity contribution in [2.45, 2.75) is 6.42 Å². The minimum absolute atomic E-state index is 0.187. The molecule has 2 rings (SSSR count).